The molecule has 122 valence electrons. The van der Waals surface area contributed by atoms with E-state index in [-0.39, 0.29) is 18.6 Å². The van der Waals surface area contributed by atoms with Gasteiger partial charge in [0.2, 0.25) is 5.91 Å². The molecule has 1 saturated heterocycles. The van der Waals surface area contributed by atoms with E-state index in [9.17, 15) is 9.59 Å². The summed E-state index contributed by atoms with van der Waals surface area (Å²) in [4.78, 5) is 26.3. The molecule has 1 amide bonds. The Kier molecular flexibility index (Phi) is 4.44. The number of carbonyl (C=O) groups is 1. The second-order valence-electron chi connectivity index (χ2n) is 5.30. The molecule has 1 fully saturated rings. The Labute approximate surface area is 137 Å². The Morgan fingerprint density at radius 2 is 2.17 bits per heavy atom. The number of hydrogen-bond acceptors (Lipinski definition) is 5. The van der Waals surface area contributed by atoms with Gasteiger partial charge >= 0.3 is 5.69 Å². The standard InChI is InChI=1S/C14H16ClN5O3/c1-10-8-18(6-7-23-10)13(21)9-19-14(22)20(17-16-19)12-5-3-2-4-11(12)15/h2-5,10H,6-9H2,1H3/t10-/m0/s1. The van der Waals surface area contributed by atoms with E-state index in [4.69, 9.17) is 16.3 Å². The summed E-state index contributed by atoms with van der Waals surface area (Å²) in [6.07, 6.45) is -0.0109. The molecule has 1 aliphatic rings. The molecular weight excluding hydrogens is 322 g/mol. The van der Waals surface area contributed by atoms with Crippen molar-refractivity contribution in [1.29, 1.82) is 0 Å². The number of hydrogen-bond donors (Lipinski definition) is 0. The molecule has 1 aliphatic heterocycles. The van der Waals surface area contributed by atoms with Crippen molar-refractivity contribution in [3.63, 3.8) is 0 Å². The fourth-order valence-electron chi connectivity index (χ4n) is 2.42. The van der Waals surface area contributed by atoms with Gasteiger partial charge in [-0.15, -0.1) is 0 Å². The highest BCUT2D eigenvalue weighted by atomic mass is 35.5. The first-order valence-electron chi connectivity index (χ1n) is 7.23. The van der Waals surface area contributed by atoms with Crippen molar-refractivity contribution in [1.82, 2.24) is 24.7 Å². The van der Waals surface area contributed by atoms with Crippen molar-refractivity contribution in [2.24, 2.45) is 0 Å². The second kappa shape index (κ2) is 6.51. The third-order valence-electron chi connectivity index (χ3n) is 3.60. The fourth-order valence-corrected chi connectivity index (χ4v) is 2.64. The van der Waals surface area contributed by atoms with Crippen LogP contribution in [0.15, 0.2) is 29.1 Å². The van der Waals surface area contributed by atoms with Crippen molar-refractivity contribution in [3.05, 3.63) is 39.8 Å². The van der Waals surface area contributed by atoms with Crippen LogP contribution in [-0.4, -0.2) is 56.4 Å². The predicted molar refractivity (Wildman–Crippen MR) is 82.6 cm³/mol. The Balaban J connectivity index is 1.79. The molecule has 0 spiro atoms. The molecule has 9 heteroatoms. The number of rotatable bonds is 3. The number of amides is 1. The molecular formula is C14H16ClN5O3. The molecule has 0 N–H and O–H groups in total. The van der Waals surface area contributed by atoms with Crippen molar-refractivity contribution in [2.45, 2.75) is 19.6 Å². The summed E-state index contributed by atoms with van der Waals surface area (Å²) in [7, 11) is 0. The van der Waals surface area contributed by atoms with Crippen molar-refractivity contribution in [2.75, 3.05) is 19.7 Å². The molecule has 3 rings (SSSR count). The molecule has 23 heavy (non-hydrogen) atoms. The van der Waals surface area contributed by atoms with E-state index in [1.807, 2.05) is 6.92 Å². The lowest BCUT2D eigenvalue weighted by atomic mass is 10.3. The Morgan fingerprint density at radius 1 is 1.39 bits per heavy atom. The molecule has 0 radical (unpaired) electrons. The van der Waals surface area contributed by atoms with Gasteiger partial charge in [0.25, 0.3) is 0 Å². The zero-order valence-corrected chi connectivity index (χ0v) is 13.3. The highest BCUT2D eigenvalue weighted by Gasteiger charge is 2.23. The van der Waals surface area contributed by atoms with Gasteiger partial charge in [-0.2, -0.15) is 9.36 Å². The summed E-state index contributed by atoms with van der Waals surface area (Å²) < 4.78 is 7.51. The smallest absolute Gasteiger partial charge is 0.369 e. The maximum atomic E-state index is 12.4. The van der Waals surface area contributed by atoms with Crippen LogP contribution < -0.4 is 5.69 Å². The van der Waals surface area contributed by atoms with Crippen molar-refractivity contribution < 1.29 is 9.53 Å². The number of carbonyl (C=O) groups excluding carboxylic acids is 1. The van der Waals surface area contributed by atoms with Gasteiger partial charge in [0, 0.05) is 13.1 Å². The Hall–Kier alpha value is -2.19. The van der Waals surface area contributed by atoms with E-state index in [0.717, 1.165) is 9.36 Å². The summed E-state index contributed by atoms with van der Waals surface area (Å²) in [6.45, 7) is 3.26. The van der Waals surface area contributed by atoms with Crippen LogP contribution in [0.4, 0.5) is 0 Å². The van der Waals surface area contributed by atoms with Crippen LogP contribution >= 0.6 is 11.6 Å². The third-order valence-corrected chi connectivity index (χ3v) is 3.92. The molecule has 0 aliphatic carbocycles. The SMILES string of the molecule is C[C@H]1CN(C(=O)Cn2nnn(-c3ccccc3Cl)c2=O)CCO1. The average Bonchev–Trinajstić information content (AvgIpc) is 2.89. The van der Waals surface area contributed by atoms with Gasteiger partial charge in [0.15, 0.2) is 0 Å². The lowest BCUT2D eigenvalue weighted by Gasteiger charge is -2.30. The maximum Gasteiger partial charge on any atom is 0.369 e. The molecule has 0 unspecified atom stereocenters. The zero-order chi connectivity index (χ0) is 16.4. The third kappa shape index (κ3) is 3.27. The summed E-state index contributed by atoms with van der Waals surface area (Å²) >= 11 is 6.06. The zero-order valence-electron chi connectivity index (χ0n) is 12.6. The molecule has 8 nitrogen and oxygen atoms in total. The monoisotopic (exact) mass is 337 g/mol. The molecule has 1 aromatic carbocycles. The van der Waals surface area contributed by atoms with E-state index >= 15 is 0 Å². The van der Waals surface area contributed by atoms with E-state index in [0.29, 0.717) is 30.4 Å². The molecule has 0 saturated carbocycles. The minimum absolute atomic E-state index is 0.0109. The molecule has 1 atom stereocenters. The number of aromatic nitrogens is 4. The topological polar surface area (TPSA) is 82.3 Å². The second-order valence-corrected chi connectivity index (χ2v) is 5.71. The quantitative estimate of drug-likeness (QED) is 0.806. The molecule has 2 heterocycles. The lowest BCUT2D eigenvalue weighted by Crippen LogP contribution is -2.46. The van der Waals surface area contributed by atoms with E-state index in [2.05, 4.69) is 10.4 Å². The van der Waals surface area contributed by atoms with E-state index in [1.54, 1.807) is 29.2 Å². The Bertz CT molecular complexity index is 772. The summed E-state index contributed by atoms with van der Waals surface area (Å²) in [6, 6.07) is 6.81. The fraction of sp³-hybridized carbons (Fsp3) is 0.429. The summed E-state index contributed by atoms with van der Waals surface area (Å²) in [5.74, 6) is -0.187. The van der Waals surface area contributed by atoms with E-state index in [1.165, 1.54) is 0 Å². The van der Waals surface area contributed by atoms with Crippen molar-refractivity contribution >= 4 is 17.5 Å². The van der Waals surface area contributed by atoms with Gasteiger partial charge in [-0.05, 0) is 29.5 Å². The van der Waals surface area contributed by atoms with Crippen LogP contribution in [0.1, 0.15) is 6.92 Å². The van der Waals surface area contributed by atoms with Gasteiger partial charge in [0.05, 0.1) is 23.4 Å². The first-order valence-corrected chi connectivity index (χ1v) is 7.61. The number of ether oxygens (including phenoxy) is 1. The lowest BCUT2D eigenvalue weighted by molar-refractivity contribution is -0.139. The molecule has 0 bridgehead atoms. The highest BCUT2D eigenvalue weighted by Crippen LogP contribution is 2.16. The van der Waals surface area contributed by atoms with Gasteiger partial charge in [-0.25, -0.2) is 4.79 Å². The number of halogens is 1. The number of tetrazole rings is 1. The van der Waals surface area contributed by atoms with Crippen molar-refractivity contribution in [3.8, 4) is 5.69 Å². The van der Waals surface area contributed by atoms with Gasteiger partial charge in [0.1, 0.15) is 6.54 Å². The first-order chi connectivity index (χ1) is 11.1. The number of nitrogens with zero attached hydrogens (tertiary/aromatic N) is 5. The highest BCUT2D eigenvalue weighted by molar-refractivity contribution is 6.32. The van der Waals surface area contributed by atoms with Crippen LogP contribution in [0.25, 0.3) is 5.69 Å². The van der Waals surface area contributed by atoms with Crippen LogP contribution in [0, 0.1) is 0 Å². The largest absolute Gasteiger partial charge is 0.375 e. The number of para-hydroxylation sites is 1. The summed E-state index contributed by atoms with van der Waals surface area (Å²) in [5.41, 5.74) is -0.0781. The minimum atomic E-state index is -0.507. The average molecular weight is 338 g/mol. The Morgan fingerprint density at radius 3 is 2.91 bits per heavy atom. The number of morpholine rings is 1. The van der Waals surface area contributed by atoms with E-state index < -0.39 is 5.69 Å². The molecule has 1 aromatic heterocycles. The molecule has 2 aromatic rings. The van der Waals surface area contributed by atoms with Gasteiger partial charge in [-0.1, -0.05) is 23.7 Å². The predicted octanol–water partition coefficient (Wildman–Crippen LogP) is 0.330. The van der Waals surface area contributed by atoms with Crippen LogP contribution in [-0.2, 0) is 16.1 Å². The number of benzene rings is 1. The van der Waals surface area contributed by atoms with Gasteiger partial charge in [-0.3, -0.25) is 4.79 Å². The van der Waals surface area contributed by atoms with Crippen LogP contribution in [0.3, 0.4) is 0 Å². The van der Waals surface area contributed by atoms with Crippen LogP contribution in [0.5, 0.6) is 0 Å². The van der Waals surface area contributed by atoms with Gasteiger partial charge < -0.3 is 9.64 Å². The van der Waals surface area contributed by atoms with Crippen LogP contribution in [0.2, 0.25) is 5.02 Å². The normalized spacial score (nSPS) is 18.2. The minimum Gasteiger partial charge on any atom is -0.375 e. The summed E-state index contributed by atoms with van der Waals surface area (Å²) in [5, 5.41) is 7.95. The first kappa shape index (κ1) is 15.7. The maximum absolute atomic E-state index is 12.4.